The van der Waals surface area contributed by atoms with Crippen molar-refractivity contribution in [3.8, 4) is 11.5 Å². The predicted molar refractivity (Wildman–Crippen MR) is 113 cm³/mol. The number of carbonyl (C=O) groups is 1. The minimum atomic E-state index is -2.90. The number of rotatable bonds is 6. The van der Waals surface area contributed by atoms with Gasteiger partial charge in [-0.3, -0.25) is 9.78 Å². The van der Waals surface area contributed by atoms with Crippen molar-refractivity contribution in [3.63, 3.8) is 0 Å². The number of nitrogens with zero attached hydrogens (tertiary/aromatic N) is 4. The summed E-state index contributed by atoms with van der Waals surface area (Å²) < 4.78 is 44.2. The Morgan fingerprint density at radius 1 is 1.03 bits per heavy atom. The van der Waals surface area contributed by atoms with Crippen LogP contribution in [0.4, 0.5) is 13.2 Å². The number of amides is 1. The Morgan fingerprint density at radius 2 is 1.82 bits per heavy atom. The summed E-state index contributed by atoms with van der Waals surface area (Å²) >= 11 is 0. The lowest BCUT2D eigenvalue weighted by atomic mass is 9.95. The summed E-state index contributed by atoms with van der Waals surface area (Å²) in [6.45, 7) is 0.180. The van der Waals surface area contributed by atoms with Crippen molar-refractivity contribution in [2.45, 2.75) is 25.1 Å². The molecule has 2 aromatic carbocycles. The molecule has 4 aromatic rings. The van der Waals surface area contributed by atoms with Crippen molar-refractivity contribution in [2.24, 2.45) is 0 Å². The van der Waals surface area contributed by atoms with Gasteiger partial charge in [-0.25, -0.2) is 4.39 Å². The highest BCUT2D eigenvalue weighted by molar-refractivity contribution is 5.99. The van der Waals surface area contributed by atoms with Crippen molar-refractivity contribution in [3.05, 3.63) is 101 Å². The Kier molecular flexibility index (Phi) is 5.58. The summed E-state index contributed by atoms with van der Waals surface area (Å²) in [5, 5.41) is 18.2. The van der Waals surface area contributed by atoms with Gasteiger partial charge in [0.15, 0.2) is 0 Å². The van der Waals surface area contributed by atoms with Crippen LogP contribution in [0, 0.1) is 5.82 Å². The van der Waals surface area contributed by atoms with E-state index < -0.39 is 30.3 Å². The van der Waals surface area contributed by atoms with E-state index in [0.29, 0.717) is 27.8 Å². The molecule has 2 aromatic heterocycles. The number of hydrogen-bond acceptors (Lipinski definition) is 6. The Morgan fingerprint density at radius 3 is 2.50 bits per heavy atom. The van der Waals surface area contributed by atoms with Crippen molar-refractivity contribution < 1.29 is 27.5 Å². The van der Waals surface area contributed by atoms with Crippen molar-refractivity contribution in [1.82, 2.24) is 20.1 Å². The molecule has 34 heavy (non-hydrogen) atoms. The average Bonchev–Trinajstić information content (AvgIpc) is 3.47. The maximum Gasteiger partial charge on any atom is 0.314 e. The van der Waals surface area contributed by atoms with Crippen LogP contribution in [0.25, 0.3) is 11.5 Å². The van der Waals surface area contributed by atoms with Gasteiger partial charge in [-0.05, 0) is 41.5 Å². The lowest BCUT2D eigenvalue weighted by molar-refractivity contribution is 0.0359. The number of carbonyl (C=O) groups excluding carboxylic acids is 1. The van der Waals surface area contributed by atoms with Gasteiger partial charge in [-0.2, -0.15) is 8.78 Å². The third-order valence-electron chi connectivity index (χ3n) is 5.69. The molecule has 0 saturated heterocycles. The van der Waals surface area contributed by atoms with E-state index in [1.54, 1.807) is 30.5 Å². The molecule has 7 nitrogen and oxygen atoms in total. The molecule has 2 unspecified atom stereocenters. The van der Waals surface area contributed by atoms with Crippen LogP contribution >= 0.6 is 0 Å². The molecular formula is C24H17F3N4O3. The first kappa shape index (κ1) is 21.8. The van der Waals surface area contributed by atoms with Gasteiger partial charge < -0.3 is 14.4 Å². The zero-order chi connectivity index (χ0) is 23.8. The van der Waals surface area contributed by atoms with Crippen LogP contribution in [-0.2, 0) is 6.54 Å². The van der Waals surface area contributed by atoms with Crippen molar-refractivity contribution >= 4 is 5.91 Å². The molecule has 0 spiro atoms. The average molecular weight is 466 g/mol. The molecule has 2 atom stereocenters. The Bertz CT molecular complexity index is 1330. The number of benzene rings is 2. The van der Waals surface area contributed by atoms with Gasteiger partial charge >= 0.3 is 6.43 Å². The largest absolute Gasteiger partial charge is 0.415 e. The molecule has 1 N–H and O–H groups in total. The van der Waals surface area contributed by atoms with Gasteiger partial charge in [-0.15, -0.1) is 10.2 Å². The highest BCUT2D eigenvalue weighted by Crippen LogP contribution is 2.40. The summed E-state index contributed by atoms with van der Waals surface area (Å²) in [5.74, 6) is -1.77. The lowest BCUT2D eigenvalue weighted by Gasteiger charge is -2.32. The molecule has 1 amide bonds. The molecule has 0 radical (unpaired) electrons. The van der Waals surface area contributed by atoms with E-state index in [1.807, 2.05) is 0 Å². The van der Waals surface area contributed by atoms with Crippen molar-refractivity contribution in [2.75, 3.05) is 0 Å². The van der Waals surface area contributed by atoms with Crippen LogP contribution in [0.15, 0.2) is 71.4 Å². The Hall–Kier alpha value is -4.05. The van der Waals surface area contributed by atoms with Crippen LogP contribution < -0.4 is 0 Å². The van der Waals surface area contributed by atoms with E-state index in [9.17, 15) is 23.1 Å². The molecule has 172 valence electrons. The number of halogens is 3. The van der Waals surface area contributed by atoms with E-state index in [4.69, 9.17) is 4.42 Å². The second-order valence-corrected chi connectivity index (χ2v) is 7.78. The molecular weight excluding hydrogens is 449 g/mol. The topological polar surface area (TPSA) is 92.4 Å². The fraction of sp³-hybridized carbons (Fsp3) is 0.167. The third kappa shape index (κ3) is 3.92. The number of pyridine rings is 1. The van der Waals surface area contributed by atoms with Crippen LogP contribution in [0.1, 0.15) is 51.5 Å². The van der Waals surface area contributed by atoms with Gasteiger partial charge in [-0.1, -0.05) is 24.3 Å². The molecule has 10 heteroatoms. The van der Waals surface area contributed by atoms with Gasteiger partial charge in [0.05, 0.1) is 6.04 Å². The SMILES string of the molecule is O=C1c2cc(-c3nnc(C(F)F)o3)ccc2CN1C(c1ccc(F)cc1)C(O)c1cccnc1. The number of hydrogen-bond donors (Lipinski definition) is 1. The Balaban J connectivity index is 1.51. The van der Waals surface area contributed by atoms with E-state index in [0.717, 1.165) is 0 Å². The molecule has 5 rings (SSSR count). The normalized spacial score (nSPS) is 15.0. The van der Waals surface area contributed by atoms with E-state index in [1.165, 1.54) is 41.4 Å². The minimum Gasteiger partial charge on any atom is -0.415 e. The first-order chi connectivity index (χ1) is 16.4. The number of aromatic nitrogens is 3. The fourth-order valence-corrected chi connectivity index (χ4v) is 4.05. The summed E-state index contributed by atoms with van der Waals surface area (Å²) in [7, 11) is 0. The van der Waals surface area contributed by atoms with Crippen LogP contribution in [0.3, 0.4) is 0 Å². The number of aliphatic hydroxyl groups excluding tert-OH is 1. The van der Waals surface area contributed by atoms with E-state index >= 15 is 0 Å². The molecule has 0 saturated carbocycles. The summed E-state index contributed by atoms with van der Waals surface area (Å²) in [6.07, 6.45) is -0.971. The summed E-state index contributed by atoms with van der Waals surface area (Å²) in [6, 6.07) is 12.9. The van der Waals surface area contributed by atoms with Gasteiger partial charge in [0.1, 0.15) is 11.9 Å². The molecule has 1 aliphatic rings. The smallest absolute Gasteiger partial charge is 0.314 e. The van der Waals surface area contributed by atoms with Gasteiger partial charge in [0.25, 0.3) is 11.8 Å². The molecule has 0 bridgehead atoms. The highest BCUT2D eigenvalue weighted by Gasteiger charge is 2.38. The van der Waals surface area contributed by atoms with Crippen LogP contribution in [0.5, 0.6) is 0 Å². The number of fused-ring (bicyclic) bond motifs is 1. The zero-order valence-corrected chi connectivity index (χ0v) is 17.5. The van der Waals surface area contributed by atoms with E-state index in [-0.39, 0.29) is 18.3 Å². The lowest BCUT2D eigenvalue weighted by Crippen LogP contribution is -2.33. The molecule has 3 heterocycles. The van der Waals surface area contributed by atoms with Crippen LogP contribution in [-0.4, -0.2) is 31.1 Å². The number of aliphatic hydroxyl groups is 1. The summed E-state index contributed by atoms with van der Waals surface area (Å²) in [4.78, 5) is 19.0. The maximum atomic E-state index is 13.6. The first-order valence-electron chi connectivity index (χ1n) is 10.3. The van der Waals surface area contributed by atoms with E-state index in [2.05, 4.69) is 15.2 Å². The standard InChI is InChI=1S/C24H17F3N4O3/c25-17-7-5-13(6-8-17)19(20(32)15-2-1-9-28-11-15)31-12-16-4-3-14(10-18(16)24(31)33)22-29-30-23(34-22)21(26)27/h1-11,19-21,32H,12H2. The second-order valence-electron chi connectivity index (χ2n) is 7.78. The van der Waals surface area contributed by atoms with Crippen LogP contribution in [0.2, 0.25) is 0 Å². The minimum absolute atomic E-state index is 0.130. The third-order valence-corrected chi connectivity index (χ3v) is 5.69. The number of alkyl halides is 2. The van der Waals surface area contributed by atoms with Crippen molar-refractivity contribution in [1.29, 1.82) is 0 Å². The second kappa shape index (κ2) is 8.71. The molecule has 0 fully saturated rings. The maximum absolute atomic E-state index is 13.6. The molecule has 0 aliphatic carbocycles. The zero-order valence-electron chi connectivity index (χ0n) is 17.5. The highest BCUT2D eigenvalue weighted by atomic mass is 19.3. The quantitative estimate of drug-likeness (QED) is 0.445. The Labute approximate surface area is 191 Å². The first-order valence-corrected chi connectivity index (χ1v) is 10.3. The summed E-state index contributed by atoms with van der Waals surface area (Å²) in [5.41, 5.74) is 2.34. The van der Waals surface area contributed by atoms with Gasteiger partial charge in [0.2, 0.25) is 5.89 Å². The fourth-order valence-electron chi connectivity index (χ4n) is 4.05. The van der Waals surface area contributed by atoms with Gasteiger partial charge in [0, 0.05) is 35.6 Å². The molecule has 1 aliphatic heterocycles. The predicted octanol–water partition coefficient (Wildman–Crippen LogP) is 4.64. The monoisotopic (exact) mass is 466 g/mol.